The molecular formula is C13H27NS. The van der Waals surface area contributed by atoms with Gasteiger partial charge in [0.2, 0.25) is 0 Å². The zero-order chi connectivity index (χ0) is 11.5. The molecule has 0 spiro atoms. The fraction of sp³-hybridized carbons (Fsp3) is 1.00. The van der Waals surface area contributed by atoms with Crippen LogP contribution in [0.5, 0.6) is 0 Å². The molecule has 0 aromatic carbocycles. The molecule has 1 unspecified atom stereocenters. The SMILES string of the molecule is CSC(C)(C)CNC1CCCC(C)(C)C1. The first kappa shape index (κ1) is 13.4. The molecule has 90 valence electrons. The van der Waals surface area contributed by atoms with Gasteiger partial charge in [-0.3, -0.25) is 0 Å². The molecule has 2 heteroatoms. The van der Waals surface area contributed by atoms with Crippen LogP contribution in [-0.4, -0.2) is 23.6 Å². The van der Waals surface area contributed by atoms with Gasteiger partial charge in [-0.05, 0) is 44.8 Å². The molecule has 0 aromatic heterocycles. The fourth-order valence-electron chi connectivity index (χ4n) is 2.33. The Balaban J connectivity index is 2.33. The van der Waals surface area contributed by atoms with Crippen molar-refractivity contribution in [1.29, 1.82) is 0 Å². The number of nitrogens with one attached hydrogen (secondary N) is 1. The van der Waals surface area contributed by atoms with Crippen LogP contribution >= 0.6 is 11.8 Å². The Morgan fingerprint density at radius 3 is 2.60 bits per heavy atom. The van der Waals surface area contributed by atoms with E-state index in [1.165, 1.54) is 25.7 Å². The molecule has 0 heterocycles. The van der Waals surface area contributed by atoms with Gasteiger partial charge in [0.05, 0.1) is 0 Å². The Morgan fingerprint density at radius 2 is 2.07 bits per heavy atom. The molecule has 0 bridgehead atoms. The Hall–Kier alpha value is 0.310. The van der Waals surface area contributed by atoms with Gasteiger partial charge >= 0.3 is 0 Å². The van der Waals surface area contributed by atoms with Crippen LogP contribution in [0.25, 0.3) is 0 Å². The van der Waals surface area contributed by atoms with Crippen LogP contribution in [0.4, 0.5) is 0 Å². The van der Waals surface area contributed by atoms with E-state index in [2.05, 4.69) is 39.3 Å². The second kappa shape index (κ2) is 5.09. The van der Waals surface area contributed by atoms with Gasteiger partial charge in [-0.1, -0.05) is 20.3 Å². The van der Waals surface area contributed by atoms with Gasteiger partial charge in [0.1, 0.15) is 0 Å². The maximum Gasteiger partial charge on any atom is 0.0225 e. The minimum Gasteiger partial charge on any atom is -0.313 e. The van der Waals surface area contributed by atoms with Gasteiger partial charge in [0.25, 0.3) is 0 Å². The summed E-state index contributed by atoms with van der Waals surface area (Å²) >= 11 is 1.95. The maximum absolute atomic E-state index is 3.75. The minimum atomic E-state index is 0.377. The molecule has 1 fully saturated rings. The van der Waals surface area contributed by atoms with Crippen molar-refractivity contribution in [3.8, 4) is 0 Å². The van der Waals surface area contributed by atoms with Crippen LogP contribution in [0, 0.1) is 5.41 Å². The third kappa shape index (κ3) is 4.78. The Morgan fingerprint density at radius 1 is 1.40 bits per heavy atom. The first-order valence-corrected chi connectivity index (χ1v) is 7.36. The third-order valence-electron chi connectivity index (χ3n) is 3.57. The molecule has 1 rings (SSSR count). The highest BCUT2D eigenvalue weighted by Gasteiger charge is 2.28. The molecule has 0 aromatic rings. The summed E-state index contributed by atoms with van der Waals surface area (Å²) < 4.78 is 0.377. The Labute approximate surface area is 99.8 Å². The van der Waals surface area contributed by atoms with E-state index in [1.54, 1.807) is 0 Å². The van der Waals surface area contributed by atoms with Gasteiger partial charge in [-0.2, -0.15) is 11.8 Å². The molecule has 1 aliphatic rings. The molecule has 1 aliphatic carbocycles. The van der Waals surface area contributed by atoms with Crippen molar-refractivity contribution >= 4 is 11.8 Å². The first-order valence-electron chi connectivity index (χ1n) is 6.13. The summed E-state index contributed by atoms with van der Waals surface area (Å²) in [6.07, 6.45) is 7.71. The van der Waals surface area contributed by atoms with E-state index < -0.39 is 0 Å². The smallest absolute Gasteiger partial charge is 0.0225 e. The lowest BCUT2D eigenvalue weighted by molar-refractivity contribution is 0.197. The number of rotatable bonds is 4. The summed E-state index contributed by atoms with van der Waals surface area (Å²) in [5, 5.41) is 3.75. The van der Waals surface area contributed by atoms with Crippen LogP contribution in [0.1, 0.15) is 53.4 Å². The second-order valence-corrected chi connectivity index (χ2v) is 7.82. The fourth-order valence-corrected chi connectivity index (χ4v) is 2.56. The highest BCUT2D eigenvalue weighted by molar-refractivity contribution is 7.99. The van der Waals surface area contributed by atoms with E-state index in [0.717, 1.165) is 12.6 Å². The quantitative estimate of drug-likeness (QED) is 0.789. The normalized spacial score (nSPS) is 26.6. The molecule has 1 N–H and O–H groups in total. The molecule has 0 radical (unpaired) electrons. The number of hydrogen-bond donors (Lipinski definition) is 1. The summed E-state index contributed by atoms with van der Waals surface area (Å²) in [6.45, 7) is 10.6. The van der Waals surface area contributed by atoms with Crippen molar-refractivity contribution in [1.82, 2.24) is 5.32 Å². The lowest BCUT2D eigenvalue weighted by Gasteiger charge is -2.37. The van der Waals surface area contributed by atoms with Crippen molar-refractivity contribution in [3.05, 3.63) is 0 Å². The molecule has 1 saturated carbocycles. The predicted molar refractivity (Wildman–Crippen MR) is 71.6 cm³/mol. The van der Waals surface area contributed by atoms with Crippen molar-refractivity contribution < 1.29 is 0 Å². The second-order valence-electron chi connectivity index (χ2n) is 6.30. The molecule has 0 saturated heterocycles. The molecule has 0 amide bonds. The van der Waals surface area contributed by atoms with Crippen LogP contribution in [0.3, 0.4) is 0 Å². The van der Waals surface area contributed by atoms with Crippen molar-refractivity contribution in [3.63, 3.8) is 0 Å². The highest BCUT2D eigenvalue weighted by Crippen LogP contribution is 2.35. The largest absolute Gasteiger partial charge is 0.313 e. The van der Waals surface area contributed by atoms with Gasteiger partial charge in [-0.25, -0.2) is 0 Å². The van der Waals surface area contributed by atoms with E-state index in [-0.39, 0.29) is 0 Å². The maximum atomic E-state index is 3.75. The molecule has 0 aliphatic heterocycles. The van der Waals surface area contributed by atoms with E-state index in [1.807, 2.05) is 11.8 Å². The van der Waals surface area contributed by atoms with Crippen molar-refractivity contribution in [2.45, 2.75) is 64.2 Å². The minimum absolute atomic E-state index is 0.377. The third-order valence-corrected chi connectivity index (χ3v) is 4.82. The van der Waals surface area contributed by atoms with Gasteiger partial charge < -0.3 is 5.32 Å². The monoisotopic (exact) mass is 229 g/mol. The molecule has 1 atom stereocenters. The standard InChI is InChI=1S/C13H27NS/c1-12(2)8-6-7-11(9-12)14-10-13(3,4)15-5/h11,14H,6-10H2,1-5H3. The average Bonchev–Trinajstić information content (AvgIpc) is 2.14. The summed E-state index contributed by atoms with van der Waals surface area (Å²) in [5.41, 5.74) is 0.555. The van der Waals surface area contributed by atoms with E-state index in [4.69, 9.17) is 0 Å². The molecule has 1 nitrogen and oxygen atoms in total. The predicted octanol–water partition coefficient (Wildman–Crippen LogP) is 3.69. The first-order chi connectivity index (χ1) is 6.85. The zero-order valence-corrected chi connectivity index (χ0v) is 11.8. The number of hydrogen-bond acceptors (Lipinski definition) is 2. The number of thioether (sulfide) groups is 1. The van der Waals surface area contributed by atoms with Crippen LogP contribution in [-0.2, 0) is 0 Å². The van der Waals surface area contributed by atoms with Crippen molar-refractivity contribution in [2.75, 3.05) is 12.8 Å². The average molecular weight is 229 g/mol. The van der Waals surface area contributed by atoms with E-state index in [9.17, 15) is 0 Å². The highest BCUT2D eigenvalue weighted by atomic mass is 32.2. The van der Waals surface area contributed by atoms with Crippen LogP contribution in [0.15, 0.2) is 0 Å². The van der Waals surface area contributed by atoms with Gasteiger partial charge in [0, 0.05) is 17.3 Å². The van der Waals surface area contributed by atoms with Crippen LogP contribution < -0.4 is 5.32 Å². The zero-order valence-electron chi connectivity index (χ0n) is 11.0. The summed E-state index contributed by atoms with van der Waals surface area (Å²) in [6, 6.07) is 0.750. The summed E-state index contributed by atoms with van der Waals surface area (Å²) in [7, 11) is 0. The topological polar surface area (TPSA) is 12.0 Å². The summed E-state index contributed by atoms with van der Waals surface area (Å²) in [5.74, 6) is 0. The lowest BCUT2D eigenvalue weighted by Crippen LogP contribution is -2.42. The van der Waals surface area contributed by atoms with E-state index in [0.29, 0.717) is 10.2 Å². The van der Waals surface area contributed by atoms with Gasteiger partial charge in [0.15, 0.2) is 0 Å². The molecular weight excluding hydrogens is 202 g/mol. The van der Waals surface area contributed by atoms with Crippen molar-refractivity contribution in [2.24, 2.45) is 5.41 Å². The molecule has 15 heavy (non-hydrogen) atoms. The van der Waals surface area contributed by atoms with E-state index >= 15 is 0 Å². The van der Waals surface area contributed by atoms with Crippen LogP contribution in [0.2, 0.25) is 0 Å². The lowest BCUT2D eigenvalue weighted by atomic mass is 9.75. The van der Waals surface area contributed by atoms with Gasteiger partial charge in [-0.15, -0.1) is 0 Å². The Bertz CT molecular complexity index is 199. The summed E-state index contributed by atoms with van der Waals surface area (Å²) in [4.78, 5) is 0. The Kier molecular flexibility index (Phi) is 4.54.